The van der Waals surface area contributed by atoms with Crippen LogP contribution in [0.15, 0.2) is 24.3 Å². The molecule has 4 unspecified atom stereocenters. The van der Waals surface area contributed by atoms with Gasteiger partial charge in [0.2, 0.25) is 0 Å². The van der Waals surface area contributed by atoms with Crippen molar-refractivity contribution in [1.29, 1.82) is 0 Å². The molecule has 0 aromatic heterocycles. The van der Waals surface area contributed by atoms with Crippen molar-refractivity contribution >= 4 is 11.6 Å². The highest BCUT2D eigenvalue weighted by molar-refractivity contribution is 6.01. The number of ketones is 2. The molecule has 0 heterocycles. The molecule has 0 aliphatic heterocycles. The fourth-order valence-corrected chi connectivity index (χ4v) is 6.19. The first-order valence-corrected chi connectivity index (χ1v) is 10.6. The van der Waals surface area contributed by atoms with E-state index >= 15 is 0 Å². The number of hydrogen-bond acceptors (Lipinski definition) is 2. The van der Waals surface area contributed by atoms with E-state index in [0.717, 1.165) is 25.7 Å². The topological polar surface area (TPSA) is 34.1 Å². The van der Waals surface area contributed by atoms with Crippen LogP contribution in [0.1, 0.15) is 44.5 Å². The minimum atomic E-state index is -0.117. The summed E-state index contributed by atoms with van der Waals surface area (Å²) in [6, 6.07) is 8.65. The second kappa shape index (κ2) is 6.14. The second-order valence-corrected chi connectivity index (χ2v) is 9.36. The Balaban J connectivity index is 1.57. The molecule has 0 saturated heterocycles. The van der Waals surface area contributed by atoms with Crippen molar-refractivity contribution in [1.82, 2.24) is 0 Å². The molecule has 1 saturated carbocycles. The van der Waals surface area contributed by atoms with Gasteiger partial charge in [-0.05, 0) is 97.9 Å². The molecule has 1 fully saturated rings. The molecule has 4 atom stereocenters. The number of rotatable bonds is 0. The lowest BCUT2D eigenvalue weighted by atomic mass is 9.56. The molecule has 0 spiro atoms. The monoisotopic (exact) mass is 372 g/mol. The van der Waals surface area contributed by atoms with Crippen molar-refractivity contribution in [2.75, 3.05) is 0 Å². The second-order valence-electron chi connectivity index (χ2n) is 9.36. The Morgan fingerprint density at radius 1 is 0.500 bits per heavy atom. The highest BCUT2D eigenvalue weighted by Gasteiger charge is 2.52. The minimum absolute atomic E-state index is 0.117. The van der Waals surface area contributed by atoms with Gasteiger partial charge in [-0.2, -0.15) is 0 Å². The molecule has 28 heavy (non-hydrogen) atoms. The van der Waals surface area contributed by atoms with E-state index in [1.807, 2.05) is 0 Å². The first kappa shape index (κ1) is 17.8. The maximum atomic E-state index is 13.6. The normalized spacial score (nSPS) is 28.3. The van der Waals surface area contributed by atoms with Crippen LogP contribution in [0.3, 0.4) is 0 Å². The summed E-state index contributed by atoms with van der Waals surface area (Å²) >= 11 is 0. The van der Waals surface area contributed by atoms with Gasteiger partial charge < -0.3 is 0 Å². The summed E-state index contributed by atoms with van der Waals surface area (Å²) in [5.41, 5.74) is 10.4. The zero-order valence-corrected chi connectivity index (χ0v) is 17.3. The molecule has 2 heteroatoms. The van der Waals surface area contributed by atoms with E-state index in [1.54, 1.807) is 0 Å². The van der Waals surface area contributed by atoms with Gasteiger partial charge in [0.1, 0.15) is 11.6 Å². The molecular weight excluding hydrogens is 344 g/mol. The molecule has 3 aliphatic rings. The van der Waals surface area contributed by atoms with Gasteiger partial charge in [0, 0.05) is 23.7 Å². The van der Waals surface area contributed by atoms with Crippen LogP contribution in [-0.2, 0) is 35.3 Å². The average molecular weight is 373 g/mol. The summed E-state index contributed by atoms with van der Waals surface area (Å²) in [6.45, 7) is 8.55. The Morgan fingerprint density at radius 2 is 0.714 bits per heavy atom. The van der Waals surface area contributed by atoms with Gasteiger partial charge in [0.15, 0.2) is 0 Å². The SMILES string of the molecule is Cc1ccc(C)c2c1CC1C(=O)C3Cc4c(C)ccc(C)c4CC3C(=O)C1C2. The third-order valence-electron chi connectivity index (χ3n) is 7.93. The van der Waals surface area contributed by atoms with Crippen LogP contribution < -0.4 is 0 Å². The van der Waals surface area contributed by atoms with E-state index in [9.17, 15) is 9.59 Å². The largest absolute Gasteiger partial charge is 0.299 e. The molecule has 0 amide bonds. The Hall–Kier alpha value is -2.22. The summed E-state index contributed by atoms with van der Waals surface area (Å²) in [5, 5.41) is 0. The number of fused-ring (bicyclic) bond motifs is 4. The predicted molar refractivity (Wildman–Crippen MR) is 111 cm³/mol. The standard InChI is InChI=1S/C26H28O2/c1-13-5-6-14(2)18-10-22-21(9-17(13)18)25(27)23-11-19-15(3)7-8-16(4)20(19)12-24(23)26(22)28/h5-8,21-24H,9-12H2,1-4H3. The zero-order chi connectivity index (χ0) is 19.7. The number of benzene rings is 2. The van der Waals surface area contributed by atoms with Crippen LogP contribution in [0.25, 0.3) is 0 Å². The lowest BCUT2D eigenvalue weighted by molar-refractivity contribution is -0.148. The molecule has 2 nitrogen and oxygen atoms in total. The quantitative estimate of drug-likeness (QED) is 0.685. The predicted octanol–water partition coefficient (Wildman–Crippen LogP) is 4.43. The van der Waals surface area contributed by atoms with E-state index < -0.39 is 0 Å². The molecule has 5 rings (SSSR count). The Labute approximate surface area is 167 Å². The number of carbonyl (C=O) groups excluding carboxylic acids is 2. The van der Waals surface area contributed by atoms with Crippen LogP contribution in [0.2, 0.25) is 0 Å². The fourth-order valence-electron chi connectivity index (χ4n) is 6.19. The summed E-state index contributed by atoms with van der Waals surface area (Å²) < 4.78 is 0. The molecular formula is C26H28O2. The highest BCUT2D eigenvalue weighted by Crippen LogP contribution is 2.46. The van der Waals surface area contributed by atoms with Crippen molar-refractivity contribution in [2.45, 2.75) is 53.4 Å². The van der Waals surface area contributed by atoms with Crippen molar-refractivity contribution < 1.29 is 9.59 Å². The van der Waals surface area contributed by atoms with Gasteiger partial charge in [0.25, 0.3) is 0 Å². The third-order valence-corrected chi connectivity index (χ3v) is 7.93. The van der Waals surface area contributed by atoms with E-state index in [0.29, 0.717) is 11.6 Å². The number of Topliss-reactive ketones (excluding diaryl/α,β-unsaturated/α-hetero) is 2. The van der Waals surface area contributed by atoms with Crippen molar-refractivity contribution in [2.24, 2.45) is 23.7 Å². The van der Waals surface area contributed by atoms with Crippen LogP contribution in [0.4, 0.5) is 0 Å². The lowest BCUT2D eigenvalue weighted by Crippen LogP contribution is -2.53. The molecule has 3 aliphatic carbocycles. The molecule has 0 N–H and O–H groups in total. The van der Waals surface area contributed by atoms with Crippen molar-refractivity contribution in [3.8, 4) is 0 Å². The zero-order valence-electron chi connectivity index (χ0n) is 17.3. The Morgan fingerprint density at radius 3 is 0.929 bits per heavy atom. The molecule has 2 aromatic carbocycles. The smallest absolute Gasteiger partial charge is 0.141 e. The maximum Gasteiger partial charge on any atom is 0.141 e. The molecule has 0 radical (unpaired) electrons. The van der Waals surface area contributed by atoms with Crippen LogP contribution in [0.5, 0.6) is 0 Å². The van der Waals surface area contributed by atoms with E-state index in [2.05, 4.69) is 52.0 Å². The number of aryl methyl sites for hydroxylation is 4. The maximum absolute atomic E-state index is 13.6. The van der Waals surface area contributed by atoms with Gasteiger partial charge in [-0.3, -0.25) is 9.59 Å². The fraction of sp³-hybridized carbons (Fsp3) is 0.462. The Bertz CT molecular complexity index is 868. The highest BCUT2D eigenvalue weighted by atomic mass is 16.1. The summed E-state index contributed by atoms with van der Waals surface area (Å²) in [6.07, 6.45) is 3.00. The van der Waals surface area contributed by atoms with E-state index in [-0.39, 0.29) is 23.7 Å². The number of hydrogen-bond donors (Lipinski definition) is 0. The van der Waals surface area contributed by atoms with Crippen molar-refractivity contribution in [3.63, 3.8) is 0 Å². The van der Waals surface area contributed by atoms with Crippen LogP contribution in [-0.4, -0.2) is 11.6 Å². The average Bonchev–Trinajstić information content (AvgIpc) is 2.70. The first-order valence-electron chi connectivity index (χ1n) is 10.6. The Kier molecular flexibility index (Phi) is 3.91. The third kappa shape index (κ3) is 2.40. The molecule has 2 aromatic rings. The van der Waals surface area contributed by atoms with Gasteiger partial charge in [-0.25, -0.2) is 0 Å². The minimum Gasteiger partial charge on any atom is -0.299 e. The number of carbonyl (C=O) groups is 2. The van der Waals surface area contributed by atoms with Gasteiger partial charge in [-0.15, -0.1) is 0 Å². The molecule has 0 bridgehead atoms. The summed E-state index contributed by atoms with van der Waals surface area (Å²) in [5.74, 6) is 0.240. The molecule has 144 valence electrons. The van der Waals surface area contributed by atoms with E-state index in [4.69, 9.17) is 0 Å². The lowest BCUT2D eigenvalue weighted by Gasteiger charge is -2.45. The van der Waals surface area contributed by atoms with Crippen molar-refractivity contribution in [3.05, 3.63) is 68.8 Å². The van der Waals surface area contributed by atoms with Gasteiger partial charge in [0.05, 0.1) is 0 Å². The first-order chi connectivity index (χ1) is 13.4. The summed E-state index contributed by atoms with van der Waals surface area (Å²) in [7, 11) is 0. The van der Waals surface area contributed by atoms with Crippen LogP contribution >= 0.6 is 0 Å². The summed E-state index contributed by atoms with van der Waals surface area (Å²) in [4.78, 5) is 27.2. The van der Waals surface area contributed by atoms with Gasteiger partial charge in [-0.1, -0.05) is 24.3 Å². The van der Waals surface area contributed by atoms with Gasteiger partial charge >= 0.3 is 0 Å². The van der Waals surface area contributed by atoms with E-state index in [1.165, 1.54) is 44.5 Å². The van der Waals surface area contributed by atoms with Crippen LogP contribution in [0, 0.1) is 51.4 Å².